The van der Waals surface area contributed by atoms with Crippen molar-refractivity contribution >= 4 is 17.5 Å². The lowest BCUT2D eigenvalue weighted by molar-refractivity contribution is -0.112. The van der Waals surface area contributed by atoms with Crippen LogP contribution in [0.4, 0.5) is 5.69 Å². The van der Waals surface area contributed by atoms with E-state index in [-0.39, 0.29) is 18.4 Å². The summed E-state index contributed by atoms with van der Waals surface area (Å²) in [4.78, 5) is 23.5. The van der Waals surface area contributed by atoms with Gasteiger partial charge < -0.3 is 15.7 Å². The second kappa shape index (κ2) is 7.59. The molecule has 0 spiro atoms. The quantitative estimate of drug-likeness (QED) is 0.552. The van der Waals surface area contributed by atoms with Crippen LogP contribution in [0.1, 0.15) is 36.0 Å². The summed E-state index contributed by atoms with van der Waals surface area (Å²) in [5, 5.41) is 14.1. The molecular formula is C16H20N2O3. The Labute approximate surface area is 124 Å². The highest BCUT2D eigenvalue weighted by Crippen LogP contribution is 2.24. The van der Waals surface area contributed by atoms with Crippen LogP contribution in [-0.2, 0) is 4.79 Å². The predicted molar refractivity (Wildman–Crippen MR) is 81.0 cm³/mol. The van der Waals surface area contributed by atoms with Crippen LogP contribution in [-0.4, -0.2) is 30.1 Å². The standard InChI is InChI=1S/C16H20N2O3/c19-10-2-9-17-16(21)13-5-7-14(8-6-13)18-15(20)11-12-3-1-4-12/h5-8,11,19H,1-4,9-10H2,(H,17,21)(H,18,20). The number of anilines is 1. The average Bonchev–Trinajstić information content (AvgIpc) is 2.44. The maximum absolute atomic E-state index is 11.8. The Morgan fingerprint density at radius 2 is 1.90 bits per heavy atom. The molecule has 3 N–H and O–H groups in total. The van der Waals surface area contributed by atoms with Crippen molar-refractivity contribution in [3.05, 3.63) is 41.5 Å². The highest BCUT2D eigenvalue weighted by atomic mass is 16.3. The number of hydrogen-bond acceptors (Lipinski definition) is 3. The van der Waals surface area contributed by atoms with Gasteiger partial charge >= 0.3 is 0 Å². The van der Waals surface area contributed by atoms with E-state index in [1.807, 2.05) is 0 Å². The Hall–Kier alpha value is -2.14. The monoisotopic (exact) mass is 288 g/mol. The van der Waals surface area contributed by atoms with E-state index in [0.717, 1.165) is 12.8 Å². The van der Waals surface area contributed by atoms with E-state index in [4.69, 9.17) is 5.11 Å². The van der Waals surface area contributed by atoms with E-state index < -0.39 is 0 Å². The van der Waals surface area contributed by atoms with E-state index in [2.05, 4.69) is 10.6 Å². The van der Waals surface area contributed by atoms with Crippen LogP contribution in [0.5, 0.6) is 0 Å². The highest BCUT2D eigenvalue weighted by molar-refractivity contribution is 6.00. The van der Waals surface area contributed by atoms with E-state index in [1.165, 1.54) is 12.0 Å². The highest BCUT2D eigenvalue weighted by Gasteiger charge is 2.10. The molecule has 2 rings (SSSR count). The zero-order valence-corrected chi connectivity index (χ0v) is 11.9. The van der Waals surface area contributed by atoms with Crippen LogP contribution in [0.3, 0.4) is 0 Å². The summed E-state index contributed by atoms with van der Waals surface area (Å²) in [6, 6.07) is 6.75. The van der Waals surface area contributed by atoms with E-state index in [1.54, 1.807) is 30.3 Å². The lowest BCUT2D eigenvalue weighted by atomic mass is 9.92. The molecule has 2 amide bonds. The Morgan fingerprint density at radius 3 is 2.48 bits per heavy atom. The molecule has 21 heavy (non-hydrogen) atoms. The third-order valence-corrected chi connectivity index (χ3v) is 3.37. The number of aliphatic hydroxyl groups is 1. The largest absolute Gasteiger partial charge is 0.396 e. The molecule has 0 radical (unpaired) electrons. The zero-order chi connectivity index (χ0) is 15.1. The molecule has 0 atom stereocenters. The van der Waals surface area contributed by atoms with Gasteiger partial charge in [0.1, 0.15) is 0 Å². The van der Waals surface area contributed by atoms with E-state index >= 15 is 0 Å². The van der Waals surface area contributed by atoms with Gasteiger partial charge in [0.15, 0.2) is 0 Å². The van der Waals surface area contributed by atoms with Gasteiger partial charge in [-0.2, -0.15) is 0 Å². The molecule has 1 fully saturated rings. The molecule has 0 saturated heterocycles. The minimum atomic E-state index is -0.182. The maximum atomic E-state index is 11.8. The van der Waals surface area contributed by atoms with Crippen LogP contribution in [0.2, 0.25) is 0 Å². The summed E-state index contributed by atoms with van der Waals surface area (Å²) in [6.45, 7) is 0.502. The van der Waals surface area contributed by atoms with Crippen molar-refractivity contribution in [1.82, 2.24) is 5.32 Å². The second-order valence-electron chi connectivity index (χ2n) is 5.06. The number of rotatable bonds is 6. The second-order valence-corrected chi connectivity index (χ2v) is 5.06. The number of carbonyl (C=O) groups excluding carboxylic acids is 2. The molecule has 1 aliphatic rings. The summed E-state index contributed by atoms with van der Waals surface area (Å²) in [7, 11) is 0. The van der Waals surface area contributed by atoms with Crippen molar-refractivity contribution in [1.29, 1.82) is 0 Å². The molecule has 0 unspecified atom stereocenters. The smallest absolute Gasteiger partial charge is 0.251 e. The van der Waals surface area contributed by atoms with Crippen molar-refractivity contribution in [3.8, 4) is 0 Å². The van der Waals surface area contributed by atoms with Gasteiger partial charge in [0.25, 0.3) is 5.91 Å². The van der Waals surface area contributed by atoms with Crippen LogP contribution in [0, 0.1) is 0 Å². The van der Waals surface area contributed by atoms with Gasteiger partial charge in [-0.05, 0) is 49.9 Å². The lowest BCUT2D eigenvalue weighted by Gasteiger charge is -2.15. The van der Waals surface area contributed by atoms with Crippen molar-refractivity contribution in [2.24, 2.45) is 0 Å². The van der Waals surface area contributed by atoms with Crippen LogP contribution in [0.25, 0.3) is 0 Å². The van der Waals surface area contributed by atoms with Gasteiger partial charge in [-0.3, -0.25) is 9.59 Å². The molecule has 0 heterocycles. The molecule has 0 bridgehead atoms. The fourth-order valence-electron chi connectivity index (χ4n) is 1.98. The maximum Gasteiger partial charge on any atom is 0.251 e. The number of aliphatic hydroxyl groups excluding tert-OH is 1. The first-order chi connectivity index (χ1) is 10.2. The van der Waals surface area contributed by atoms with Crippen molar-refractivity contribution < 1.29 is 14.7 Å². The van der Waals surface area contributed by atoms with Gasteiger partial charge in [-0.25, -0.2) is 0 Å². The average molecular weight is 288 g/mol. The number of amides is 2. The summed E-state index contributed by atoms with van der Waals surface area (Å²) in [5.41, 5.74) is 2.39. The van der Waals surface area contributed by atoms with E-state index in [9.17, 15) is 9.59 Å². The SMILES string of the molecule is O=C(C=C1CCC1)Nc1ccc(C(=O)NCCCO)cc1. The first kappa shape index (κ1) is 15.3. The van der Waals surface area contributed by atoms with Crippen LogP contribution < -0.4 is 10.6 Å². The number of benzene rings is 1. The fourth-order valence-corrected chi connectivity index (χ4v) is 1.98. The van der Waals surface area contributed by atoms with Gasteiger partial charge in [0, 0.05) is 30.5 Å². The van der Waals surface area contributed by atoms with Crippen molar-refractivity contribution in [2.45, 2.75) is 25.7 Å². The van der Waals surface area contributed by atoms with Crippen molar-refractivity contribution in [3.63, 3.8) is 0 Å². The normalized spacial score (nSPS) is 13.3. The molecule has 1 aliphatic carbocycles. The summed E-state index contributed by atoms with van der Waals surface area (Å²) >= 11 is 0. The summed E-state index contributed by atoms with van der Waals surface area (Å²) in [5.74, 6) is -0.303. The van der Waals surface area contributed by atoms with Gasteiger partial charge in [0.2, 0.25) is 5.91 Å². The Bertz CT molecular complexity index is 529. The molecule has 5 heteroatoms. The minimum Gasteiger partial charge on any atom is -0.396 e. The number of carbonyl (C=O) groups is 2. The Balaban J connectivity index is 1.86. The van der Waals surface area contributed by atoms with Crippen molar-refractivity contribution in [2.75, 3.05) is 18.5 Å². The first-order valence-electron chi connectivity index (χ1n) is 7.18. The predicted octanol–water partition coefficient (Wildman–Crippen LogP) is 1.85. The fraction of sp³-hybridized carbons (Fsp3) is 0.375. The summed E-state index contributed by atoms with van der Waals surface area (Å²) in [6.07, 6.45) is 5.38. The van der Waals surface area contributed by atoms with Gasteiger partial charge in [0.05, 0.1) is 0 Å². The third-order valence-electron chi connectivity index (χ3n) is 3.37. The molecule has 112 valence electrons. The van der Waals surface area contributed by atoms with E-state index in [0.29, 0.717) is 24.2 Å². The van der Waals surface area contributed by atoms with Crippen LogP contribution >= 0.6 is 0 Å². The Kier molecular flexibility index (Phi) is 5.51. The zero-order valence-electron chi connectivity index (χ0n) is 11.9. The molecule has 1 aromatic rings. The van der Waals surface area contributed by atoms with Gasteiger partial charge in [-0.1, -0.05) is 5.57 Å². The topological polar surface area (TPSA) is 78.4 Å². The summed E-state index contributed by atoms with van der Waals surface area (Å²) < 4.78 is 0. The number of nitrogens with one attached hydrogen (secondary N) is 2. The number of allylic oxidation sites excluding steroid dienone is 1. The van der Waals surface area contributed by atoms with Gasteiger partial charge in [-0.15, -0.1) is 0 Å². The lowest BCUT2D eigenvalue weighted by Crippen LogP contribution is -2.24. The molecule has 5 nitrogen and oxygen atoms in total. The number of hydrogen-bond donors (Lipinski definition) is 3. The minimum absolute atomic E-state index is 0.0563. The third kappa shape index (κ3) is 4.72. The molecule has 0 aromatic heterocycles. The van der Waals surface area contributed by atoms with Crippen LogP contribution in [0.15, 0.2) is 35.9 Å². The molecule has 0 aliphatic heterocycles. The molecule has 1 aromatic carbocycles. The first-order valence-corrected chi connectivity index (χ1v) is 7.18. The Morgan fingerprint density at radius 1 is 1.19 bits per heavy atom. The molecular weight excluding hydrogens is 268 g/mol. The molecule has 1 saturated carbocycles.